The zero-order valence-corrected chi connectivity index (χ0v) is 12.2. The van der Waals surface area contributed by atoms with Gasteiger partial charge in [-0.05, 0) is 17.5 Å². The summed E-state index contributed by atoms with van der Waals surface area (Å²) in [6.07, 6.45) is 0.758. The number of carbonyl (C=O) groups is 1. The number of carbonyl (C=O) groups excluding carboxylic acids is 1. The van der Waals surface area contributed by atoms with E-state index in [-0.39, 0.29) is 5.92 Å². The average molecular weight is 297 g/mol. The minimum atomic E-state index is 0.144. The lowest BCUT2D eigenvalue weighted by molar-refractivity contribution is 0.112. The Hall–Kier alpha value is -1.32. The summed E-state index contributed by atoms with van der Waals surface area (Å²) in [4.78, 5) is 11.1. The van der Waals surface area contributed by atoms with Crippen molar-refractivity contribution in [1.29, 1.82) is 0 Å². The number of halogens is 2. The molecule has 2 rings (SSSR count). The van der Waals surface area contributed by atoms with Gasteiger partial charge in [-0.1, -0.05) is 55.2 Å². The first-order valence-electron chi connectivity index (χ1n) is 5.99. The molecule has 0 spiro atoms. The Labute approximate surface area is 122 Å². The van der Waals surface area contributed by atoms with E-state index in [1.807, 2.05) is 38.1 Å². The Kier molecular flexibility index (Phi) is 4.27. The zero-order valence-electron chi connectivity index (χ0n) is 10.7. The molecule has 1 aromatic carbocycles. The van der Waals surface area contributed by atoms with Gasteiger partial charge < -0.3 is 0 Å². The van der Waals surface area contributed by atoms with Gasteiger partial charge in [0.05, 0.1) is 17.8 Å². The van der Waals surface area contributed by atoms with E-state index in [2.05, 4.69) is 5.10 Å². The second-order valence-electron chi connectivity index (χ2n) is 4.61. The van der Waals surface area contributed by atoms with Crippen molar-refractivity contribution in [3.05, 3.63) is 51.3 Å². The quantitative estimate of drug-likeness (QED) is 0.794. The zero-order chi connectivity index (χ0) is 14.0. The SMILES string of the molecule is CC(C)c1nn(Cc2ccccc2Cl)c(Cl)c1C=O. The van der Waals surface area contributed by atoms with Crippen LogP contribution in [-0.2, 0) is 6.54 Å². The normalized spacial score (nSPS) is 11.0. The number of benzene rings is 1. The molecule has 5 heteroatoms. The molecule has 0 saturated carbocycles. The van der Waals surface area contributed by atoms with Gasteiger partial charge in [0.2, 0.25) is 0 Å². The maximum Gasteiger partial charge on any atom is 0.155 e. The summed E-state index contributed by atoms with van der Waals surface area (Å²) in [5.74, 6) is 0.144. The van der Waals surface area contributed by atoms with Crippen molar-refractivity contribution >= 4 is 29.5 Å². The van der Waals surface area contributed by atoms with Gasteiger partial charge in [-0.3, -0.25) is 4.79 Å². The molecule has 0 atom stereocenters. The Morgan fingerprint density at radius 1 is 1.32 bits per heavy atom. The van der Waals surface area contributed by atoms with Crippen LogP contribution in [0.15, 0.2) is 24.3 Å². The molecule has 0 fully saturated rings. The summed E-state index contributed by atoms with van der Waals surface area (Å²) in [7, 11) is 0. The number of hydrogen-bond donors (Lipinski definition) is 0. The van der Waals surface area contributed by atoms with Gasteiger partial charge in [0.15, 0.2) is 6.29 Å². The molecule has 0 saturated heterocycles. The summed E-state index contributed by atoms with van der Waals surface area (Å²) in [6, 6.07) is 7.50. The van der Waals surface area contributed by atoms with Crippen molar-refractivity contribution in [2.75, 3.05) is 0 Å². The summed E-state index contributed by atoms with van der Waals surface area (Å²) in [5.41, 5.74) is 2.09. The van der Waals surface area contributed by atoms with Crippen molar-refractivity contribution in [2.45, 2.75) is 26.3 Å². The highest BCUT2D eigenvalue weighted by molar-refractivity contribution is 6.32. The third-order valence-electron chi connectivity index (χ3n) is 2.90. The van der Waals surface area contributed by atoms with Gasteiger partial charge >= 0.3 is 0 Å². The number of hydrogen-bond acceptors (Lipinski definition) is 2. The minimum Gasteiger partial charge on any atom is -0.298 e. The van der Waals surface area contributed by atoms with Gasteiger partial charge in [-0.15, -0.1) is 0 Å². The number of rotatable bonds is 4. The molecule has 0 aliphatic heterocycles. The van der Waals surface area contributed by atoms with Gasteiger partial charge in [0, 0.05) is 5.02 Å². The van der Waals surface area contributed by atoms with Crippen molar-refractivity contribution in [3.63, 3.8) is 0 Å². The van der Waals surface area contributed by atoms with Crippen LogP contribution in [0, 0.1) is 0 Å². The molecule has 0 aliphatic carbocycles. The molecular weight excluding hydrogens is 283 g/mol. The highest BCUT2D eigenvalue weighted by Crippen LogP contribution is 2.26. The maximum atomic E-state index is 11.1. The lowest BCUT2D eigenvalue weighted by Gasteiger charge is -2.05. The molecule has 3 nitrogen and oxygen atoms in total. The molecule has 100 valence electrons. The highest BCUT2D eigenvalue weighted by atomic mass is 35.5. The second-order valence-corrected chi connectivity index (χ2v) is 5.38. The van der Waals surface area contributed by atoms with Crippen LogP contribution in [0.25, 0.3) is 0 Å². The predicted molar refractivity (Wildman–Crippen MR) is 77.3 cm³/mol. The monoisotopic (exact) mass is 296 g/mol. The molecule has 0 amide bonds. The first-order valence-corrected chi connectivity index (χ1v) is 6.75. The van der Waals surface area contributed by atoms with Crippen LogP contribution in [0.3, 0.4) is 0 Å². The van der Waals surface area contributed by atoms with E-state index in [0.717, 1.165) is 11.8 Å². The standard InChI is InChI=1S/C14H14Cl2N2O/c1-9(2)13-11(8-19)14(16)18(17-13)7-10-5-3-4-6-12(10)15/h3-6,8-9H,7H2,1-2H3. The fourth-order valence-electron chi connectivity index (χ4n) is 1.90. The molecule has 1 heterocycles. The fourth-order valence-corrected chi connectivity index (χ4v) is 2.34. The number of aromatic nitrogens is 2. The molecule has 0 bridgehead atoms. The van der Waals surface area contributed by atoms with Crippen LogP contribution in [-0.4, -0.2) is 16.1 Å². The van der Waals surface area contributed by atoms with Crippen molar-refractivity contribution < 1.29 is 4.79 Å². The van der Waals surface area contributed by atoms with Crippen LogP contribution in [0.2, 0.25) is 10.2 Å². The predicted octanol–water partition coefficient (Wildman–Crippen LogP) is 4.17. The summed E-state index contributed by atoms with van der Waals surface area (Å²) >= 11 is 12.3. The van der Waals surface area contributed by atoms with E-state index in [4.69, 9.17) is 23.2 Å². The molecule has 1 aromatic heterocycles. The summed E-state index contributed by atoms with van der Waals surface area (Å²) in [6.45, 7) is 4.41. The van der Waals surface area contributed by atoms with Crippen LogP contribution in [0.5, 0.6) is 0 Å². The Morgan fingerprint density at radius 2 is 2.00 bits per heavy atom. The third kappa shape index (κ3) is 2.82. The lowest BCUT2D eigenvalue weighted by atomic mass is 10.1. The number of aldehydes is 1. The van der Waals surface area contributed by atoms with Gasteiger partial charge in [0.25, 0.3) is 0 Å². The summed E-state index contributed by atoms with van der Waals surface area (Å²) < 4.78 is 1.61. The van der Waals surface area contributed by atoms with Gasteiger partial charge in [-0.25, -0.2) is 4.68 Å². The molecule has 19 heavy (non-hydrogen) atoms. The first kappa shape index (κ1) is 14.1. The number of nitrogens with zero attached hydrogens (tertiary/aromatic N) is 2. The smallest absolute Gasteiger partial charge is 0.155 e. The molecule has 2 aromatic rings. The van der Waals surface area contributed by atoms with E-state index in [0.29, 0.717) is 28.0 Å². The van der Waals surface area contributed by atoms with Crippen molar-refractivity contribution in [2.24, 2.45) is 0 Å². The second kappa shape index (κ2) is 5.76. The van der Waals surface area contributed by atoms with E-state index in [9.17, 15) is 4.79 Å². The Balaban J connectivity index is 2.41. The fraction of sp³-hybridized carbons (Fsp3) is 0.286. The van der Waals surface area contributed by atoms with E-state index >= 15 is 0 Å². The largest absolute Gasteiger partial charge is 0.298 e. The topological polar surface area (TPSA) is 34.9 Å². The third-order valence-corrected chi connectivity index (χ3v) is 3.66. The van der Waals surface area contributed by atoms with Crippen LogP contribution >= 0.6 is 23.2 Å². The minimum absolute atomic E-state index is 0.144. The molecule has 0 aliphatic rings. The lowest BCUT2D eigenvalue weighted by Crippen LogP contribution is -2.03. The molecule has 0 N–H and O–H groups in total. The Morgan fingerprint density at radius 3 is 2.53 bits per heavy atom. The van der Waals surface area contributed by atoms with Gasteiger partial charge in [-0.2, -0.15) is 5.10 Å². The van der Waals surface area contributed by atoms with Crippen LogP contribution in [0.4, 0.5) is 0 Å². The van der Waals surface area contributed by atoms with Crippen molar-refractivity contribution in [3.8, 4) is 0 Å². The van der Waals surface area contributed by atoms with E-state index < -0.39 is 0 Å². The average Bonchev–Trinajstić information content (AvgIpc) is 2.69. The molecule has 0 radical (unpaired) electrons. The maximum absolute atomic E-state index is 11.1. The van der Waals surface area contributed by atoms with Crippen LogP contribution < -0.4 is 0 Å². The molecular formula is C14H14Cl2N2O. The summed E-state index contributed by atoms with van der Waals surface area (Å²) in [5, 5.41) is 5.43. The Bertz CT molecular complexity index is 605. The van der Waals surface area contributed by atoms with Crippen molar-refractivity contribution in [1.82, 2.24) is 9.78 Å². The first-order chi connectivity index (χ1) is 9.04. The van der Waals surface area contributed by atoms with E-state index in [1.54, 1.807) is 4.68 Å². The van der Waals surface area contributed by atoms with Gasteiger partial charge in [0.1, 0.15) is 5.15 Å². The molecule has 0 unspecified atom stereocenters. The van der Waals surface area contributed by atoms with Crippen LogP contribution in [0.1, 0.15) is 41.4 Å². The highest BCUT2D eigenvalue weighted by Gasteiger charge is 2.18. The van der Waals surface area contributed by atoms with E-state index in [1.165, 1.54) is 0 Å².